The molecule has 0 saturated carbocycles. The quantitative estimate of drug-likeness (QED) is 0.916. The van der Waals surface area contributed by atoms with E-state index in [-0.39, 0.29) is 0 Å². The van der Waals surface area contributed by atoms with Crippen LogP contribution in [0.15, 0.2) is 21.2 Å². The summed E-state index contributed by atoms with van der Waals surface area (Å²) in [4.78, 5) is 0. The average molecular weight is 326 g/mol. The largest absolute Gasteiger partial charge is 0.468 e. The molecule has 0 spiro atoms. The summed E-state index contributed by atoms with van der Waals surface area (Å²) in [7, 11) is 0. The first-order chi connectivity index (χ1) is 8.99. The van der Waals surface area contributed by atoms with Crippen molar-refractivity contribution in [3.8, 4) is 0 Å². The molecular weight excluding hydrogens is 306 g/mol. The Bertz CT molecular complexity index is 557. The normalized spacial score (nSPS) is 11.5. The zero-order chi connectivity index (χ0) is 14.0. The highest BCUT2D eigenvalue weighted by Gasteiger charge is 2.12. The molecular formula is C14H20BrN3O. The second kappa shape index (κ2) is 5.92. The van der Waals surface area contributed by atoms with E-state index in [0.29, 0.717) is 6.04 Å². The van der Waals surface area contributed by atoms with Gasteiger partial charge in [-0.05, 0) is 35.8 Å². The minimum absolute atomic E-state index is 0.445. The SMILES string of the molecule is Cc1nn(Cc2ccoc2CNC(C)C)c(C)c1Br. The molecule has 2 rings (SSSR count). The molecule has 0 amide bonds. The molecule has 0 aromatic carbocycles. The van der Waals surface area contributed by atoms with E-state index in [1.807, 2.05) is 17.7 Å². The highest BCUT2D eigenvalue weighted by Crippen LogP contribution is 2.21. The molecule has 1 N–H and O–H groups in total. The Morgan fingerprint density at radius 2 is 2.16 bits per heavy atom. The highest BCUT2D eigenvalue weighted by molar-refractivity contribution is 9.10. The smallest absolute Gasteiger partial charge is 0.122 e. The molecule has 2 heterocycles. The Labute approximate surface area is 122 Å². The van der Waals surface area contributed by atoms with Crippen LogP contribution in [0.5, 0.6) is 0 Å². The monoisotopic (exact) mass is 325 g/mol. The van der Waals surface area contributed by atoms with E-state index in [4.69, 9.17) is 4.42 Å². The summed E-state index contributed by atoms with van der Waals surface area (Å²) in [6, 6.07) is 2.46. The van der Waals surface area contributed by atoms with Gasteiger partial charge in [-0.3, -0.25) is 4.68 Å². The Morgan fingerprint density at radius 1 is 1.42 bits per heavy atom. The summed E-state index contributed by atoms with van der Waals surface area (Å²) >= 11 is 3.55. The number of furan rings is 1. The Hall–Kier alpha value is -1.07. The van der Waals surface area contributed by atoms with Crippen LogP contribution in [0, 0.1) is 13.8 Å². The van der Waals surface area contributed by atoms with Gasteiger partial charge in [0.1, 0.15) is 5.76 Å². The number of aromatic nitrogens is 2. The summed E-state index contributed by atoms with van der Waals surface area (Å²) < 4.78 is 8.63. The van der Waals surface area contributed by atoms with Crippen LogP contribution in [-0.4, -0.2) is 15.8 Å². The molecule has 0 atom stereocenters. The Balaban J connectivity index is 2.15. The van der Waals surface area contributed by atoms with Crippen molar-refractivity contribution in [3.05, 3.63) is 39.5 Å². The third kappa shape index (κ3) is 3.28. The molecule has 0 bridgehead atoms. The first-order valence-corrected chi connectivity index (χ1v) is 7.26. The predicted octanol–water partition coefficient (Wildman–Crippen LogP) is 3.40. The number of halogens is 1. The van der Waals surface area contributed by atoms with Crippen molar-refractivity contribution >= 4 is 15.9 Å². The van der Waals surface area contributed by atoms with Crippen LogP contribution in [-0.2, 0) is 13.1 Å². The van der Waals surface area contributed by atoms with E-state index >= 15 is 0 Å². The fourth-order valence-corrected chi connectivity index (χ4v) is 2.23. The van der Waals surface area contributed by atoms with Crippen LogP contribution >= 0.6 is 15.9 Å². The molecule has 0 aliphatic heterocycles. The van der Waals surface area contributed by atoms with E-state index in [1.54, 1.807) is 6.26 Å². The van der Waals surface area contributed by atoms with Crippen molar-refractivity contribution < 1.29 is 4.42 Å². The average Bonchev–Trinajstić information content (AvgIpc) is 2.89. The summed E-state index contributed by atoms with van der Waals surface area (Å²) in [5.41, 5.74) is 3.33. The molecule has 2 aromatic heterocycles. The Kier molecular flexibility index (Phi) is 4.47. The molecule has 5 heteroatoms. The molecule has 0 radical (unpaired) electrons. The first-order valence-electron chi connectivity index (χ1n) is 6.47. The van der Waals surface area contributed by atoms with Crippen molar-refractivity contribution in [3.63, 3.8) is 0 Å². The van der Waals surface area contributed by atoms with E-state index in [0.717, 1.165) is 34.7 Å². The topological polar surface area (TPSA) is 43.0 Å². The summed E-state index contributed by atoms with van der Waals surface area (Å²) in [5, 5.41) is 7.90. The van der Waals surface area contributed by atoms with E-state index < -0.39 is 0 Å². The third-order valence-electron chi connectivity index (χ3n) is 3.12. The van der Waals surface area contributed by atoms with Gasteiger partial charge in [-0.1, -0.05) is 13.8 Å². The van der Waals surface area contributed by atoms with E-state index in [2.05, 4.69) is 47.1 Å². The van der Waals surface area contributed by atoms with Gasteiger partial charge in [0.15, 0.2) is 0 Å². The maximum atomic E-state index is 5.55. The van der Waals surface area contributed by atoms with E-state index in [9.17, 15) is 0 Å². The maximum Gasteiger partial charge on any atom is 0.122 e. The van der Waals surface area contributed by atoms with Crippen LogP contribution in [0.4, 0.5) is 0 Å². The zero-order valence-corrected chi connectivity index (χ0v) is 13.4. The fourth-order valence-electron chi connectivity index (χ4n) is 1.95. The molecule has 0 fully saturated rings. The van der Waals surface area contributed by atoms with Gasteiger partial charge in [0.05, 0.1) is 35.2 Å². The lowest BCUT2D eigenvalue weighted by Gasteiger charge is -2.08. The Morgan fingerprint density at radius 3 is 2.74 bits per heavy atom. The molecule has 19 heavy (non-hydrogen) atoms. The number of hydrogen-bond acceptors (Lipinski definition) is 3. The van der Waals surface area contributed by atoms with Gasteiger partial charge in [-0.2, -0.15) is 5.10 Å². The first kappa shape index (κ1) is 14.3. The summed E-state index contributed by atoms with van der Waals surface area (Å²) in [5.74, 6) is 0.984. The predicted molar refractivity (Wildman–Crippen MR) is 79.2 cm³/mol. The van der Waals surface area contributed by atoms with Crippen molar-refractivity contribution in [2.24, 2.45) is 0 Å². The second-order valence-electron chi connectivity index (χ2n) is 5.05. The van der Waals surface area contributed by atoms with Gasteiger partial charge in [0.2, 0.25) is 0 Å². The van der Waals surface area contributed by atoms with Crippen molar-refractivity contribution in [2.75, 3.05) is 0 Å². The molecule has 0 aliphatic rings. The lowest BCUT2D eigenvalue weighted by Crippen LogP contribution is -2.22. The zero-order valence-electron chi connectivity index (χ0n) is 11.8. The van der Waals surface area contributed by atoms with Crippen LogP contribution in [0.25, 0.3) is 0 Å². The fraction of sp³-hybridized carbons (Fsp3) is 0.500. The number of aryl methyl sites for hydroxylation is 1. The number of nitrogens with zero attached hydrogens (tertiary/aromatic N) is 2. The van der Waals surface area contributed by atoms with Crippen molar-refractivity contribution in [2.45, 2.75) is 46.8 Å². The second-order valence-corrected chi connectivity index (χ2v) is 5.84. The van der Waals surface area contributed by atoms with Gasteiger partial charge in [-0.15, -0.1) is 0 Å². The summed E-state index contributed by atoms with van der Waals surface area (Å²) in [6.07, 6.45) is 1.74. The lowest BCUT2D eigenvalue weighted by molar-refractivity contribution is 0.457. The maximum absolute atomic E-state index is 5.55. The van der Waals surface area contributed by atoms with Gasteiger partial charge >= 0.3 is 0 Å². The molecule has 2 aromatic rings. The van der Waals surface area contributed by atoms with Gasteiger partial charge in [0.25, 0.3) is 0 Å². The van der Waals surface area contributed by atoms with Crippen LogP contribution in [0.3, 0.4) is 0 Å². The standard InChI is InChI=1S/C14H20BrN3O/c1-9(2)16-7-13-12(5-6-19-13)8-18-11(4)14(15)10(3)17-18/h5-6,9,16H,7-8H2,1-4H3. The van der Waals surface area contributed by atoms with Gasteiger partial charge in [0, 0.05) is 11.6 Å². The molecule has 0 saturated heterocycles. The highest BCUT2D eigenvalue weighted by atomic mass is 79.9. The number of rotatable bonds is 5. The molecule has 0 unspecified atom stereocenters. The van der Waals surface area contributed by atoms with Crippen LogP contribution in [0.1, 0.15) is 36.6 Å². The molecule has 4 nitrogen and oxygen atoms in total. The van der Waals surface area contributed by atoms with Crippen molar-refractivity contribution in [1.82, 2.24) is 15.1 Å². The van der Waals surface area contributed by atoms with E-state index in [1.165, 1.54) is 5.56 Å². The minimum Gasteiger partial charge on any atom is -0.468 e. The number of hydrogen-bond donors (Lipinski definition) is 1. The third-order valence-corrected chi connectivity index (χ3v) is 4.27. The van der Waals surface area contributed by atoms with Gasteiger partial charge < -0.3 is 9.73 Å². The summed E-state index contributed by atoms with van der Waals surface area (Å²) in [6.45, 7) is 9.81. The lowest BCUT2D eigenvalue weighted by atomic mass is 10.2. The van der Waals surface area contributed by atoms with Crippen LogP contribution in [0.2, 0.25) is 0 Å². The van der Waals surface area contributed by atoms with Crippen molar-refractivity contribution in [1.29, 1.82) is 0 Å². The van der Waals surface area contributed by atoms with Gasteiger partial charge in [-0.25, -0.2) is 0 Å². The molecule has 104 valence electrons. The van der Waals surface area contributed by atoms with Crippen LogP contribution < -0.4 is 5.32 Å². The minimum atomic E-state index is 0.445. The molecule has 0 aliphatic carbocycles. The number of nitrogens with one attached hydrogen (secondary N) is 1.